The van der Waals surface area contributed by atoms with Crippen molar-refractivity contribution >= 4 is 23.5 Å². The number of anilines is 1. The van der Waals surface area contributed by atoms with Crippen molar-refractivity contribution in [2.24, 2.45) is 0 Å². The van der Waals surface area contributed by atoms with Gasteiger partial charge in [-0.25, -0.2) is 9.97 Å². The second kappa shape index (κ2) is 7.80. The van der Waals surface area contributed by atoms with E-state index in [0.29, 0.717) is 11.6 Å². The lowest BCUT2D eigenvalue weighted by Gasteiger charge is -2.36. The van der Waals surface area contributed by atoms with Gasteiger partial charge >= 0.3 is 0 Å². The fourth-order valence-electron chi connectivity index (χ4n) is 3.26. The summed E-state index contributed by atoms with van der Waals surface area (Å²) >= 11 is 6.14. The molecule has 1 aliphatic rings. The Balaban J connectivity index is 2.05. The Hall–Kier alpha value is -2.18. The number of amides is 1. The molecule has 6 nitrogen and oxygen atoms in total. The summed E-state index contributed by atoms with van der Waals surface area (Å²) in [5.41, 5.74) is 8.36. The Bertz CT molecular complexity index is 768. The quantitative estimate of drug-likeness (QED) is 0.906. The number of nitrogens with two attached hydrogens (primary N) is 1. The van der Waals surface area contributed by atoms with Crippen LogP contribution in [0.15, 0.2) is 30.5 Å². The van der Waals surface area contributed by atoms with E-state index in [1.165, 1.54) is 7.11 Å². The predicted molar refractivity (Wildman–Crippen MR) is 97.1 cm³/mol. The Morgan fingerprint density at radius 1 is 1.44 bits per heavy atom. The smallest absolute Gasteiger partial charge is 0.249 e. The van der Waals surface area contributed by atoms with Gasteiger partial charge in [0.1, 0.15) is 6.61 Å². The third-order valence-corrected chi connectivity index (χ3v) is 4.61. The number of rotatable bonds is 4. The Kier molecular flexibility index (Phi) is 5.50. The van der Waals surface area contributed by atoms with Crippen molar-refractivity contribution < 1.29 is 9.53 Å². The van der Waals surface area contributed by atoms with Gasteiger partial charge in [-0.05, 0) is 37.0 Å². The number of nitrogens with zero attached hydrogens (tertiary/aromatic N) is 3. The van der Waals surface area contributed by atoms with Crippen molar-refractivity contribution in [2.45, 2.75) is 25.3 Å². The van der Waals surface area contributed by atoms with Crippen LogP contribution >= 0.6 is 11.6 Å². The number of ether oxygens (including phenoxy) is 1. The molecule has 7 heteroatoms. The standard InChI is InChI=1S/C18H21ClN4O2/c1-25-11-16(24)23-8-3-2-7-15(23)17-14(10-21-18(20)22-17)12-5-4-6-13(19)9-12/h4-6,9-10,15H,2-3,7-8,11H2,1H3,(H2,20,21,22). The average Bonchev–Trinajstić information content (AvgIpc) is 2.62. The number of piperidine rings is 1. The summed E-state index contributed by atoms with van der Waals surface area (Å²) < 4.78 is 5.03. The molecule has 0 bridgehead atoms. The van der Waals surface area contributed by atoms with Crippen LogP contribution in [0.4, 0.5) is 5.95 Å². The van der Waals surface area contributed by atoms with Crippen LogP contribution in [-0.4, -0.2) is 41.0 Å². The van der Waals surface area contributed by atoms with Crippen LogP contribution in [0.2, 0.25) is 5.02 Å². The number of halogens is 1. The first-order valence-electron chi connectivity index (χ1n) is 8.27. The molecule has 2 N–H and O–H groups in total. The number of carbonyl (C=O) groups excluding carboxylic acids is 1. The molecule has 0 radical (unpaired) electrons. The van der Waals surface area contributed by atoms with Crippen molar-refractivity contribution in [3.05, 3.63) is 41.2 Å². The number of nitrogen functional groups attached to an aromatic ring is 1. The maximum absolute atomic E-state index is 12.5. The van der Waals surface area contributed by atoms with Gasteiger partial charge in [-0.3, -0.25) is 4.79 Å². The molecule has 0 aliphatic carbocycles. The third-order valence-electron chi connectivity index (χ3n) is 4.38. The number of hydrogen-bond donors (Lipinski definition) is 1. The molecule has 1 saturated heterocycles. The van der Waals surface area contributed by atoms with Gasteiger partial charge in [-0.1, -0.05) is 23.7 Å². The van der Waals surface area contributed by atoms with Gasteiger partial charge in [0.05, 0.1) is 11.7 Å². The highest BCUT2D eigenvalue weighted by atomic mass is 35.5. The Morgan fingerprint density at radius 2 is 2.28 bits per heavy atom. The molecule has 3 rings (SSSR count). The highest BCUT2D eigenvalue weighted by Gasteiger charge is 2.31. The van der Waals surface area contributed by atoms with E-state index in [1.54, 1.807) is 6.20 Å². The summed E-state index contributed by atoms with van der Waals surface area (Å²) in [5.74, 6) is 0.159. The Morgan fingerprint density at radius 3 is 3.04 bits per heavy atom. The molecule has 0 spiro atoms. The summed E-state index contributed by atoms with van der Waals surface area (Å²) in [4.78, 5) is 22.9. The van der Waals surface area contributed by atoms with E-state index in [-0.39, 0.29) is 24.5 Å². The largest absolute Gasteiger partial charge is 0.375 e. The SMILES string of the molecule is COCC(=O)N1CCCCC1c1nc(N)ncc1-c1cccc(Cl)c1. The minimum absolute atomic E-state index is 0.0403. The van der Waals surface area contributed by atoms with E-state index in [4.69, 9.17) is 22.1 Å². The fraction of sp³-hybridized carbons (Fsp3) is 0.389. The number of methoxy groups -OCH3 is 1. The summed E-state index contributed by atoms with van der Waals surface area (Å²) in [6, 6.07) is 7.37. The molecule has 1 amide bonds. The molecule has 1 fully saturated rings. The van der Waals surface area contributed by atoms with Gasteiger partial charge < -0.3 is 15.4 Å². The van der Waals surface area contributed by atoms with E-state index >= 15 is 0 Å². The molecule has 2 heterocycles. The van der Waals surface area contributed by atoms with Gasteiger partial charge in [-0.2, -0.15) is 0 Å². The summed E-state index contributed by atoms with van der Waals surface area (Å²) in [6.07, 6.45) is 4.54. The van der Waals surface area contributed by atoms with Gasteiger partial charge in [0.25, 0.3) is 0 Å². The van der Waals surface area contributed by atoms with Crippen LogP contribution in [-0.2, 0) is 9.53 Å². The van der Waals surface area contributed by atoms with Gasteiger partial charge in [0.2, 0.25) is 11.9 Å². The molecule has 1 aromatic heterocycles. The number of aromatic nitrogens is 2. The summed E-state index contributed by atoms with van der Waals surface area (Å²) in [5, 5.41) is 0.635. The van der Waals surface area contributed by atoms with Crippen LogP contribution in [0.1, 0.15) is 31.0 Å². The Labute approximate surface area is 152 Å². The van der Waals surface area contributed by atoms with Crippen molar-refractivity contribution in [2.75, 3.05) is 26.0 Å². The van der Waals surface area contributed by atoms with Crippen LogP contribution in [0.5, 0.6) is 0 Å². The number of benzene rings is 1. The van der Waals surface area contributed by atoms with Gasteiger partial charge in [0, 0.05) is 30.4 Å². The van der Waals surface area contributed by atoms with Crippen LogP contribution < -0.4 is 5.73 Å². The summed E-state index contributed by atoms with van der Waals surface area (Å²) in [6.45, 7) is 0.745. The van der Waals surface area contributed by atoms with E-state index < -0.39 is 0 Å². The number of carbonyl (C=O) groups is 1. The highest BCUT2D eigenvalue weighted by Crippen LogP contribution is 2.36. The molecular weight excluding hydrogens is 340 g/mol. The number of hydrogen-bond acceptors (Lipinski definition) is 5. The third kappa shape index (κ3) is 3.91. The molecule has 132 valence electrons. The van der Waals surface area contributed by atoms with Crippen molar-refractivity contribution in [1.82, 2.24) is 14.9 Å². The molecule has 0 saturated carbocycles. The highest BCUT2D eigenvalue weighted by molar-refractivity contribution is 6.30. The second-order valence-electron chi connectivity index (χ2n) is 6.07. The van der Waals surface area contributed by atoms with Gasteiger partial charge in [0.15, 0.2) is 0 Å². The number of likely N-dealkylation sites (tertiary alicyclic amines) is 1. The summed E-state index contributed by atoms with van der Waals surface area (Å²) in [7, 11) is 1.52. The lowest BCUT2D eigenvalue weighted by molar-refractivity contribution is -0.139. The van der Waals surface area contributed by atoms with Crippen molar-refractivity contribution in [3.8, 4) is 11.1 Å². The first-order valence-corrected chi connectivity index (χ1v) is 8.64. The van der Waals surface area contributed by atoms with Crippen LogP contribution in [0.3, 0.4) is 0 Å². The first kappa shape index (κ1) is 17.6. The maximum atomic E-state index is 12.5. The average molecular weight is 361 g/mol. The van der Waals surface area contributed by atoms with Crippen LogP contribution in [0, 0.1) is 0 Å². The van der Waals surface area contributed by atoms with Crippen molar-refractivity contribution in [1.29, 1.82) is 0 Å². The fourth-order valence-corrected chi connectivity index (χ4v) is 3.45. The van der Waals surface area contributed by atoms with E-state index in [2.05, 4.69) is 9.97 Å². The zero-order valence-electron chi connectivity index (χ0n) is 14.1. The monoisotopic (exact) mass is 360 g/mol. The molecule has 2 aromatic rings. The zero-order chi connectivity index (χ0) is 17.8. The molecule has 1 aliphatic heterocycles. The normalized spacial score (nSPS) is 17.5. The molecule has 1 atom stereocenters. The molecule has 1 unspecified atom stereocenters. The topological polar surface area (TPSA) is 81.3 Å². The minimum atomic E-state index is -0.143. The lowest BCUT2D eigenvalue weighted by atomic mass is 9.94. The molecule has 25 heavy (non-hydrogen) atoms. The molecule has 1 aromatic carbocycles. The van der Waals surface area contributed by atoms with E-state index in [0.717, 1.165) is 36.1 Å². The van der Waals surface area contributed by atoms with E-state index in [1.807, 2.05) is 29.2 Å². The van der Waals surface area contributed by atoms with Crippen LogP contribution in [0.25, 0.3) is 11.1 Å². The zero-order valence-corrected chi connectivity index (χ0v) is 14.9. The first-order chi connectivity index (χ1) is 12.1. The van der Waals surface area contributed by atoms with Gasteiger partial charge in [-0.15, -0.1) is 0 Å². The molecular formula is C18H21ClN4O2. The van der Waals surface area contributed by atoms with E-state index in [9.17, 15) is 4.79 Å². The predicted octanol–water partition coefficient (Wildman–Crippen LogP) is 3.08. The second-order valence-corrected chi connectivity index (χ2v) is 6.51. The maximum Gasteiger partial charge on any atom is 0.249 e. The van der Waals surface area contributed by atoms with Crippen molar-refractivity contribution in [3.63, 3.8) is 0 Å². The lowest BCUT2D eigenvalue weighted by Crippen LogP contribution is -2.41. The minimum Gasteiger partial charge on any atom is -0.375 e.